The van der Waals surface area contributed by atoms with Gasteiger partial charge in [-0.25, -0.2) is 0 Å². The number of carbonyl (C=O) groups excluding carboxylic acids is 1. The number of carbonyl (C=O) groups is 1. The van der Waals surface area contributed by atoms with Crippen LogP contribution in [-0.4, -0.2) is 54.4 Å². The smallest absolute Gasteiger partial charge is 0.249 e. The zero-order valence-electron chi connectivity index (χ0n) is 18.2. The largest absolute Gasteiger partial charge is 0.490 e. The number of benzene rings is 3. The number of primary amides is 1. The van der Waals surface area contributed by atoms with Crippen molar-refractivity contribution in [1.82, 2.24) is 4.90 Å². The summed E-state index contributed by atoms with van der Waals surface area (Å²) in [5.41, 5.74) is 7.44. The summed E-state index contributed by atoms with van der Waals surface area (Å²) in [6, 6.07) is 21.9. The van der Waals surface area contributed by atoms with Crippen LogP contribution < -0.4 is 15.2 Å². The first-order valence-corrected chi connectivity index (χ1v) is 11.3. The molecule has 4 rings (SSSR count). The molecule has 6 nitrogen and oxygen atoms in total. The monoisotopic (exact) mass is 466 g/mol. The quantitative estimate of drug-likeness (QED) is 0.498. The number of β-amino-alcohol motifs (C(OH)–C–C–N with tert-alkyl or cyclic N) is 1. The van der Waals surface area contributed by atoms with E-state index in [1.165, 1.54) is 0 Å². The molecule has 0 bridgehead atoms. The van der Waals surface area contributed by atoms with E-state index in [4.69, 9.17) is 26.8 Å². The average molecular weight is 467 g/mol. The van der Waals surface area contributed by atoms with E-state index in [0.29, 0.717) is 28.4 Å². The second-order valence-electron chi connectivity index (χ2n) is 8.11. The molecule has 0 aromatic heterocycles. The second-order valence-corrected chi connectivity index (χ2v) is 8.55. The number of hydrogen-bond donors (Lipinski definition) is 2. The summed E-state index contributed by atoms with van der Waals surface area (Å²) in [5, 5.41) is 11.3. The normalized spacial score (nSPS) is 17.0. The van der Waals surface area contributed by atoms with Crippen LogP contribution in [0.4, 0.5) is 0 Å². The standard InChI is InChI=1S/C26H27ClN2O4/c27-18-9-11-20(12-10-18)33-21-13-14-29(16-21)15-19(30)17-32-25-8-4-3-6-23(25)22-5-1-2-7-24(22)26(28)31/h1-12,19,21,30H,13-17H2,(H2,28,31). The Kier molecular flexibility index (Phi) is 7.50. The Balaban J connectivity index is 1.32. The van der Waals surface area contributed by atoms with E-state index in [-0.39, 0.29) is 12.7 Å². The number of aliphatic hydroxyl groups is 1. The van der Waals surface area contributed by atoms with Crippen molar-refractivity contribution in [2.75, 3.05) is 26.2 Å². The summed E-state index contributed by atoms with van der Waals surface area (Å²) < 4.78 is 12.0. The molecular weight excluding hydrogens is 440 g/mol. The second kappa shape index (κ2) is 10.7. The third kappa shape index (κ3) is 6.05. The fourth-order valence-corrected chi connectivity index (χ4v) is 4.18. The molecule has 7 heteroatoms. The lowest BCUT2D eigenvalue weighted by Crippen LogP contribution is -2.35. The van der Waals surface area contributed by atoms with Gasteiger partial charge in [-0.15, -0.1) is 0 Å². The van der Waals surface area contributed by atoms with Gasteiger partial charge in [0.15, 0.2) is 0 Å². The summed E-state index contributed by atoms with van der Waals surface area (Å²) in [5.74, 6) is 0.892. The number of halogens is 1. The van der Waals surface area contributed by atoms with Crippen LogP contribution in [0.5, 0.6) is 11.5 Å². The Hall–Kier alpha value is -3.06. The molecule has 0 aliphatic carbocycles. The molecule has 2 unspecified atom stereocenters. The van der Waals surface area contributed by atoms with E-state index in [2.05, 4.69) is 4.90 Å². The molecule has 0 radical (unpaired) electrons. The lowest BCUT2D eigenvalue weighted by atomic mass is 9.98. The van der Waals surface area contributed by atoms with Gasteiger partial charge in [0.1, 0.15) is 30.3 Å². The fraction of sp³-hybridized carbons (Fsp3) is 0.269. The van der Waals surface area contributed by atoms with Crippen LogP contribution in [0.2, 0.25) is 5.02 Å². The van der Waals surface area contributed by atoms with E-state index in [1.807, 2.05) is 60.7 Å². The van der Waals surface area contributed by atoms with Gasteiger partial charge in [0.25, 0.3) is 0 Å². The molecule has 172 valence electrons. The average Bonchev–Trinajstić information content (AvgIpc) is 3.26. The maximum atomic E-state index is 11.8. The van der Waals surface area contributed by atoms with Crippen LogP contribution in [0.1, 0.15) is 16.8 Å². The summed E-state index contributed by atoms with van der Waals surface area (Å²) in [7, 11) is 0. The number of nitrogens with two attached hydrogens (primary N) is 1. The minimum atomic E-state index is -0.668. The van der Waals surface area contributed by atoms with Crippen LogP contribution in [0.3, 0.4) is 0 Å². The van der Waals surface area contributed by atoms with E-state index in [9.17, 15) is 9.90 Å². The SMILES string of the molecule is NC(=O)c1ccccc1-c1ccccc1OCC(O)CN1CCC(Oc2ccc(Cl)cc2)C1. The van der Waals surface area contributed by atoms with Crippen molar-refractivity contribution in [1.29, 1.82) is 0 Å². The van der Waals surface area contributed by atoms with Crippen LogP contribution in [0.15, 0.2) is 72.8 Å². The van der Waals surface area contributed by atoms with Gasteiger partial charge in [0, 0.05) is 35.8 Å². The van der Waals surface area contributed by atoms with E-state index < -0.39 is 12.0 Å². The highest BCUT2D eigenvalue weighted by Gasteiger charge is 2.26. The fourth-order valence-electron chi connectivity index (χ4n) is 4.05. The molecule has 1 saturated heterocycles. The van der Waals surface area contributed by atoms with Gasteiger partial charge < -0.3 is 20.3 Å². The van der Waals surface area contributed by atoms with Gasteiger partial charge >= 0.3 is 0 Å². The lowest BCUT2D eigenvalue weighted by Gasteiger charge is -2.21. The van der Waals surface area contributed by atoms with Gasteiger partial charge in [-0.05, 0) is 48.4 Å². The Morgan fingerprint density at radius 2 is 1.76 bits per heavy atom. The Morgan fingerprint density at radius 1 is 1.06 bits per heavy atom. The number of aliphatic hydroxyl groups excluding tert-OH is 1. The number of amides is 1. The number of para-hydroxylation sites is 1. The van der Waals surface area contributed by atoms with Crippen molar-refractivity contribution in [2.45, 2.75) is 18.6 Å². The number of hydrogen-bond acceptors (Lipinski definition) is 5. The number of likely N-dealkylation sites (tertiary alicyclic amines) is 1. The maximum Gasteiger partial charge on any atom is 0.249 e. The first-order valence-electron chi connectivity index (χ1n) is 10.9. The third-order valence-electron chi connectivity index (χ3n) is 5.62. The molecule has 33 heavy (non-hydrogen) atoms. The van der Waals surface area contributed by atoms with Gasteiger partial charge in [-0.2, -0.15) is 0 Å². The van der Waals surface area contributed by atoms with Crippen molar-refractivity contribution in [2.24, 2.45) is 5.73 Å². The van der Waals surface area contributed by atoms with Crippen LogP contribution in [0, 0.1) is 0 Å². The summed E-state index contributed by atoms with van der Waals surface area (Å²) in [6.07, 6.45) is 0.298. The van der Waals surface area contributed by atoms with E-state index in [0.717, 1.165) is 30.8 Å². The Bertz CT molecular complexity index is 1090. The van der Waals surface area contributed by atoms with Crippen LogP contribution in [0.25, 0.3) is 11.1 Å². The van der Waals surface area contributed by atoms with E-state index >= 15 is 0 Å². The lowest BCUT2D eigenvalue weighted by molar-refractivity contribution is 0.0722. The molecule has 1 aliphatic heterocycles. The Labute approximate surface area is 198 Å². The first kappa shape index (κ1) is 23.1. The highest BCUT2D eigenvalue weighted by Crippen LogP contribution is 2.32. The van der Waals surface area contributed by atoms with Crippen LogP contribution in [-0.2, 0) is 0 Å². The van der Waals surface area contributed by atoms with Gasteiger partial charge in [-0.3, -0.25) is 9.69 Å². The van der Waals surface area contributed by atoms with E-state index in [1.54, 1.807) is 12.1 Å². The molecule has 1 heterocycles. The topological polar surface area (TPSA) is 85.0 Å². The van der Waals surface area contributed by atoms with Crippen molar-refractivity contribution in [3.8, 4) is 22.6 Å². The predicted octanol–water partition coefficient (Wildman–Crippen LogP) is 4.00. The van der Waals surface area contributed by atoms with Gasteiger partial charge in [0.2, 0.25) is 5.91 Å². The summed E-state index contributed by atoms with van der Waals surface area (Å²) in [6.45, 7) is 2.20. The van der Waals surface area contributed by atoms with Gasteiger partial charge in [0.05, 0.1) is 0 Å². The zero-order valence-corrected chi connectivity index (χ0v) is 18.9. The molecule has 3 aromatic carbocycles. The molecule has 0 saturated carbocycles. The number of ether oxygens (including phenoxy) is 2. The predicted molar refractivity (Wildman–Crippen MR) is 129 cm³/mol. The highest BCUT2D eigenvalue weighted by atomic mass is 35.5. The van der Waals surface area contributed by atoms with Crippen molar-refractivity contribution in [3.05, 3.63) is 83.4 Å². The Morgan fingerprint density at radius 3 is 2.52 bits per heavy atom. The first-order chi connectivity index (χ1) is 16.0. The third-order valence-corrected chi connectivity index (χ3v) is 5.87. The molecule has 0 spiro atoms. The molecule has 3 N–H and O–H groups in total. The maximum absolute atomic E-state index is 11.8. The molecule has 1 amide bonds. The highest BCUT2D eigenvalue weighted by molar-refractivity contribution is 6.30. The molecule has 1 fully saturated rings. The minimum Gasteiger partial charge on any atom is -0.490 e. The summed E-state index contributed by atoms with van der Waals surface area (Å²) >= 11 is 5.92. The molecule has 3 aromatic rings. The van der Waals surface area contributed by atoms with Crippen LogP contribution >= 0.6 is 11.6 Å². The van der Waals surface area contributed by atoms with Crippen molar-refractivity contribution < 1.29 is 19.4 Å². The molecular formula is C26H27ClN2O4. The molecule has 1 aliphatic rings. The zero-order chi connectivity index (χ0) is 23.2. The van der Waals surface area contributed by atoms with Crippen molar-refractivity contribution >= 4 is 17.5 Å². The summed E-state index contributed by atoms with van der Waals surface area (Å²) in [4.78, 5) is 14.0. The number of nitrogens with zero attached hydrogens (tertiary/aromatic N) is 1. The van der Waals surface area contributed by atoms with Crippen molar-refractivity contribution in [3.63, 3.8) is 0 Å². The number of rotatable bonds is 9. The molecule has 2 atom stereocenters. The minimum absolute atomic E-state index is 0.0744. The van der Waals surface area contributed by atoms with Gasteiger partial charge in [-0.1, -0.05) is 48.0 Å².